The first-order chi connectivity index (χ1) is 11.9. The lowest BCUT2D eigenvalue weighted by Gasteiger charge is -2.10. The van der Waals surface area contributed by atoms with Crippen LogP contribution in [0.4, 0.5) is 15.8 Å². The second-order valence-electron chi connectivity index (χ2n) is 5.45. The summed E-state index contributed by atoms with van der Waals surface area (Å²) < 4.78 is 18.5. The number of nitrogens with one attached hydrogen (secondary N) is 1. The van der Waals surface area contributed by atoms with Crippen LogP contribution in [-0.4, -0.2) is 10.0 Å². The molecule has 0 aliphatic rings. The zero-order valence-corrected chi connectivity index (χ0v) is 13.1. The third-order valence-electron chi connectivity index (χ3n) is 3.84. The lowest BCUT2D eigenvalue weighted by molar-refractivity contribution is -0.387. The highest BCUT2D eigenvalue weighted by atomic mass is 19.1. The number of phenols is 1. The second kappa shape index (κ2) is 6.23. The number of nitro benzene ring substituents is 1. The summed E-state index contributed by atoms with van der Waals surface area (Å²) in [6, 6.07) is 7.85. The molecule has 8 heteroatoms. The Balaban J connectivity index is 1.97. The molecule has 0 saturated carbocycles. The zero-order valence-electron chi connectivity index (χ0n) is 13.1. The predicted octanol–water partition coefficient (Wildman–Crippen LogP) is 3.47. The van der Waals surface area contributed by atoms with Crippen molar-refractivity contribution in [3.05, 3.63) is 73.9 Å². The van der Waals surface area contributed by atoms with Crippen molar-refractivity contribution < 1.29 is 18.8 Å². The third kappa shape index (κ3) is 3.14. The van der Waals surface area contributed by atoms with Gasteiger partial charge < -0.3 is 14.8 Å². The van der Waals surface area contributed by atoms with Gasteiger partial charge in [-0.05, 0) is 36.8 Å². The van der Waals surface area contributed by atoms with Gasteiger partial charge >= 0.3 is 11.3 Å². The number of hydrogen-bond donors (Lipinski definition) is 2. The van der Waals surface area contributed by atoms with Crippen LogP contribution in [0.3, 0.4) is 0 Å². The normalized spacial score (nSPS) is 10.8. The van der Waals surface area contributed by atoms with Gasteiger partial charge in [-0.15, -0.1) is 0 Å². The molecule has 1 heterocycles. The molecule has 0 bridgehead atoms. The first kappa shape index (κ1) is 16.4. The Bertz CT molecular complexity index is 1050. The molecule has 2 N–H and O–H groups in total. The molecule has 0 fully saturated rings. The minimum absolute atomic E-state index is 0.00918. The van der Waals surface area contributed by atoms with Gasteiger partial charge in [-0.2, -0.15) is 4.39 Å². The zero-order chi connectivity index (χ0) is 18.1. The maximum Gasteiger partial charge on any atom is 0.336 e. The lowest BCUT2D eigenvalue weighted by atomic mass is 10.1. The van der Waals surface area contributed by atoms with Crippen LogP contribution in [0.1, 0.15) is 11.1 Å². The van der Waals surface area contributed by atoms with Crippen LogP contribution >= 0.6 is 0 Å². The highest BCUT2D eigenvalue weighted by Gasteiger charge is 2.15. The number of fused-ring (bicyclic) bond motifs is 1. The van der Waals surface area contributed by atoms with Crippen LogP contribution in [0.5, 0.6) is 5.75 Å². The molecule has 1 aromatic heterocycles. The number of rotatable bonds is 4. The molecule has 3 aromatic rings. The summed E-state index contributed by atoms with van der Waals surface area (Å²) in [6.07, 6.45) is 0. The summed E-state index contributed by atoms with van der Waals surface area (Å²) in [5, 5.41) is 24.1. The Kier molecular flexibility index (Phi) is 4.10. The van der Waals surface area contributed by atoms with E-state index in [4.69, 9.17) is 4.42 Å². The SMILES string of the molecule is Cc1c(O)ccc2c(CNc3ccc(F)c([N+](=O)[O-])c3)cc(=O)oc12. The molecule has 0 amide bonds. The van der Waals surface area contributed by atoms with E-state index in [9.17, 15) is 24.4 Å². The number of aryl methyl sites for hydroxylation is 1. The molecule has 0 unspecified atom stereocenters. The Morgan fingerprint density at radius 3 is 2.76 bits per heavy atom. The molecule has 0 radical (unpaired) electrons. The van der Waals surface area contributed by atoms with E-state index in [-0.39, 0.29) is 17.9 Å². The van der Waals surface area contributed by atoms with Gasteiger partial charge in [0.25, 0.3) is 0 Å². The third-order valence-corrected chi connectivity index (χ3v) is 3.84. The average molecular weight is 344 g/mol. The standard InChI is InChI=1S/C17H13FN2O5/c1-9-15(21)5-3-12-10(6-16(22)25-17(9)12)8-19-11-2-4-13(18)14(7-11)20(23)24/h2-7,19,21H,8H2,1H3. The van der Waals surface area contributed by atoms with Crippen molar-refractivity contribution in [3.63, 3.8) is 0 Å². The molecule has 7 nitrogen and oxygen atoms in total. The van der Waals surface area contributed by atoms with Gasteiger partial charge in [0.1, 0.15) is 11.3 Å². The van der Waals surface area contributed by atoms with Crippen LogP contribution in [0.2, 0.25) is 0 Å². The number of nitrogens with zero attached hydrogens (tertiary/aromatic N) is 1. The molecule has 0 atom stereocenters. The first-order valence-corrected chi connectivity index (χ1v) is 7.30. The summed E-state index contributed by atoms with van der Waals surface area (Å²) in [5.41, 5.74) is 0.417. The summed E-state index contributed by atoms with van der Waals surface area (Å²) in [5.74, 6) is -0.914. The van der Waals surface area contributed by atoms with Gasteiger partial charge in [0.05, 0.1) is 4.92 Å². The summed E-state index contributed by atoms with van der Waals surface area (Å²) >= 11 is 0. The molecular weight excluding hydrogens is 331 g/mol. The molecular formula is C17H13FN2O5. The van der Waals surface area contributed by atoms with E-state index in [0.29, 0.717) is 22.2 Å². The van der Waals surface area contributed by atoms with Crippen molar-refractivity contribution in [2.75, 3.05) is 5.32 Å². The molecule has 0 saturated heterocycles. The van der Waals surface area contributed by atoms with Crippen molar-refractivity contribution in [2.45, 2.75) is 13.5 Å². The second-order valence-corrected chi connectivity index (χ2v) is 5.45. The van der Waals surface area contributed by atoms with Crippen LogP contribution in [0, 0.1) is 22.9 Å². The van der Waals surface area contributed by atoms with Gasteiger partial charge in [0, 0.05) is 35.3 Å². The number of phenolic OH excluding ortho intramolecular Hbond substituents is 1. The smallest absolute Gasteiger partial charge is 0.336 e. The van der Waals surface area contributed by atoms with Crippen molar-refractivity contribution in [3.8, 4) is 5.75 Å². The minimum Gasteiger partial charge on any atom is -0.508 e. The number of benzene rings is 2. The molecule has 0 aliphatic heterocycles. The Morgan fingerprint density at radius 2 is 2.04 bits per heavy atom. The fourth-order valence-corrected chi connectivity index (χ4v) is 2.52. The monoisotopic (exact) mass is 344 g/mol. The van der Waals surface area contributed by atoms with E-state index in [1.54, 1.807) is 13.0 Å². The van der Waals surface area contributed by atoms with Gasteiger partial charge in [0.2, 0.25) is 5.82 Å². The number of hydrogen-bond acceptors (Lipinski definition) is 6. The van der Waals surface area contributed by atoms with Crippen molar-refractivity contribution in [2.24, 2.45) is 0 Å². The molecule has 3 rings (SSSR count). The van der Waals surface area contributed by atoms with E-state index in [1.807, 2.05) is 0 Å². The number of nitro groups is 1. The maximum atomic E-state index is 13.4. The van der Waals surface area contributed by atoms with Crippen molar-refractivity contribution >= 4 is 22.3 Å². The van der Waals surface area contributed by atoms with E-state index in [0.717, 1.165) is 12.1 Å². The topological polar surface area (TPSA) is 106 Å². The average Bonchev–Trinajstić information content (AvgIpc) is 2.57. The number of anilines is 1. The molecule has 128 valence electrons. The van der Waals surface area contributed by atoms with Crippen molar-refractivity contribution in [1.82, 2.24) is 0 Å². The predicted molar refractivity (Wildman–Crippen MR) is 89.3 cm³/mol. The molecule has 0 spiro atoms. The van der Waals surface area contributed by atoms with E-state index >= 15 is 0 Å². The van der Waals surface area contributed by atoms with Crippen LogP contribution in [0.15, 0.2) is 45.6 Å². The van der Waals surface area contributed by atoms with E-state index in [2.05, 4.69) is 5.32 Å². The summed E-state index contributed by atoms with van der Waals surface area (Å²) in [7, 11) is 0. The first-order valence-electron chi connectivity index (χ1n) is 7.30. The van der Waals surface area contributed by atoms with Gasteiger partial charge in [-0.1, -0.05) is 0 Å². The van der Waals surface area contributed by atoms with Crippen molar-refractivity contribution in [1.29, 1.82) is 0 Å². The minimum atomic E-state index is -0.924. The quantitative estimate of drug-likeness (QED) is 0.426. The number of halogens is 1. The van der Waals surface area contributed by atoms with E-state index < -0.39 is 22.1 Å². The van der Waals surface area contributed by atoms with E-state index in [1.165, 1.54) is 18.2 Å². The van der Waals surface area contributed by atoms with Crippen LogP contribution in [0.25, 0.3) is 11.0 Å². The van der Waals surface area contributed by atoms with Gasteiger partial charge in [-0.25, -0.2) is 4.79 Å². The number of aromatic hydroxyl groups is 1. The fourth-order valence-electron chi connectivity index (χ4n) is 2.52. The maximum absolute atomic E-state index is 13.4. The fraction of sp³-hybridized carbons (Fsp3) is 0.118. The summed E-state index contributed by atoms with van der Waals surface area (Å²) in [6.45, 7) is 1.79. The highest BCUT2D eigenvalue weighted by Crippen LogP contribution is 2.28. The van der Waals surface area contributed by atoms with Gasteiger partial charge in [0.15, 0.2) is 0 Å². The molecule has 25 heavy (non-hydrogen) atoms. The van der Waals surface area contributed by atoms with Gasteiger partial charge in [-0.3, -0.25) is 10.1 Å². The van der Waals surface area contributed by atoms with Crippen LogP contribution in [-0.2, 0) is 6.54 Å². The molecule has 0 aliphatic carbocycles. The largest absolute Gasteiger partial charge is 0.508 e. The Morgan fingerprint density at radius 1 is 1.28 bits per heavy atom. The summed E-state index contributed by atoms with van der Waals surface area (Å²) in [4.78, 5) is 21.7. The Hall–Kier alpha value is -3.42. The van der Waals surface area contributed by atoms with Crippen LogP contribution < -0.4 is 10.9 Å². The highest BCUT2D eigenvalue weighted by molar-refractivity contribution is 5.85. The lowest BCUT2D eigenvalue weighted by Crippen LogP contribution is -2.06. The Labute approximate surface area is 140 Å². The molecule has 2 aromatic carbocycles.